The molecule has 0 radical (unpaired) electrons. The van der Waals surface area contributed by atoms with Crippen molar-refractivity contribution < 1.29 is 13.3 Å². The minimum atomic E-state index is -2.88. The third-order valence-electron chi connectivity index (χ3n) is 4.98. The predicted octanol–water partition coefficient (Wildman–Crippen LogP) is 2.08. The summed E-state index contributed by atoms with van der Waals surface area (Å²) in [5, 5.41) is 8.68. The highest BCUT2D eigenvalue weighted by Crippen LogP contribution is 2.22. The summed E-state index contributed by atoms with van der Waals surface area (Å²) in [5.41, 5.74) is 3.47. The van der Waals surface area contributed by atoms with E-state index in [1.807, 2.05) is 10.7 Å². The van der Waals surface area contributed by atoms with Crippen LogP contribution >= 0.6 is 23.6 Å². The largest absolute Gasteiger partial charge is 0.330 e. The van der Waals surface area contributed by atoms with Crippen LogP contribution in [-0.2, 0) is 16.5 Å². The van der Waals surface area contributed by atoms with Crippen molar-refractivity contribution in [2.45, 2.75) is 39.9 Å². The number of hydrogen-bond acceptors (Lipinski definition) is 6. The molecule has 2 N–H and O–H groups in total. The first kappa shape index (κ1) is 19.5. The Bertz CT molecular complexity index is 949. The molecule has 2 atom stereocenters. The Morgan fingerprint density at radius 2 is 2.15 bits per heavy atom. The number of aryl methyl sites for hydroxylation is 2. The number of aromatic nitrogens is 2. The summed E-state index contributed by atoms with van der Waals surface area (Å²) in [6.45, 7) is 7.69. The van der Waals surface area contributed by atoms with Crippen molar-refractivity contribution in [3.05, 3.63) is 33.3 Å². The van der Waals surface area contributed by atoms with E-state index in [9.17, 15) is 8.42 Å². The van der Waals surface area contributed by atoms with Crippen molar-refractivity contribution >= 4 is 44.2 Å². The number of hydrogen-bond donors (Lipinski definition) is 2. The standard InChI is InChI=1S/C17H24N4O2S3/c1-4-20(15-7-8-26(22,23)10-15)11-21-17(24)25-16(19-21)18-14-6-5-12(2)13(3)9-14/h5-6,9,15H,4,7-8,10-11H2,1-3H3,(H,18,19)/p+1/t15-/m1/s1. The average molecular weight is 414 g/mol. The van der Waals surface area contributed by atoms with E-state index in [-0.39, 0.29) is 11.8 Å². The molecule has 142 valence electrons. The molecule has 0 aliphatic carbocycles. The lowest BCUT2D eigenvalue weighted by Crippen LogP contribution is -3.15. The summed E-state index contributed by atoms with van der Waals surface area (Å²) < 4.78 is 26.1. The van der Waals surface area contributed by atoms with Crippen molar-refractivity contribution in [1.29, 1.82) is 0 Å². The summed E-state index contributed by atoms with van der Waals surface area (Å²) in [5.74, 6) is 0.560. The van der Waals surface area contributed by atoms with E-state index in [4.69, 9.17) is 12.2 Å². The van der Waals surface area contributed by atoms with Crippen molar-refractivity contribution in [3.63, 3.8) is 0 Å². The summed E-state index contributed by atoms with van der Waals surface area (Å²) in [7, 11) is -2.88. The molecule has 1 aliphatic heterocycles. The highest BCUT2D eigenvalue weighted by molar-refractivity contribution is 7.91. The van der Waals surface area contributed by atoms with Gasteiger partial charge in [0.25, 0.3) is 0 Å². The van der Waals surface area contributed by atoms with Crippen molar-refractivity contribution in [2.24, 2.45) is 0 Å². The van der Waals surface area contributed by atoms with Crippen LogP contribution in [0.3, 0.4) is 0 Å². The number of anilines is 2. The molecule has 0 saturated carbocycles. The molecule has 2 heterocycles. The highest BCUT2D eigenvalue weighted by atomic mass is 32.2. The second kappa shape index (κ2) is 7.75. The molecule has 6 nitrogen and oxygen atoms in total. The maximum absolute atomic E-state index is 11.8. The monoisotopic (exact) mass is 413 g/mol. The van der Waals surface area contributed by atoms with Crippen LogP contribution in [0.4, 0.5) is 10.8 Å². The van der Waals surface area contributed by atoms with Crippen LogP contribution in [-0.4, -0.2) is 42.3 Å². The topological polar surface area (TPSA) is 68.4 Å². The normalized spacial score (nSPS) is 20.2. The minimum Gasteiger partial charge on any atom is -0.330 e. The molecule has 3 rings (SSSR count). The van der Waals surface area contributed by atoms with E-state index in [0.717, 1.165) is 23.8 Å². The van der Waals surface area contributed by atoms with E-state index < -0.39 is 9.84 Å². The summed E-state index contributed by atoms with van der Waals surface area (Å²) in [6.07, 6.45) is 0.719. The van der Waals surface area contributed by atoms with Crippen LogP contribution in [0.1, 0.15) is 24.5 Å². The lowest BCUT2D eigenvalue weighted by atomic mass is 10.1. The first-order valence-electron chi connectivity index (χ1n) is 8.74. The van der Waals surface area contributed by atoms with Gasteiger partial charge in [0.15, 0.2) is 20.5 Å². The Kier molecular flexibility index (Phi) is 5.81. The van der Waals surface area contributed by atoms with Gasteiger partial charge in [-0.3, -0.25) is 0 Å². The third kappa shape index (κ3) is 4.51. The van der Waals surface area contributed by atoms with Crippen LogP contribution < -0.4 is 10.2 Å². The van der Waals surface area contributed by atoms with Crippen molar-refractivity contribution in [3.8, 4) is 0 Å². The van der Waals surface area contributed by atoms with Gasteiger partial charge in [-0.25, -0.2) is 8.42 Å². The second-order valence-corrected chi connectivity index (χ2v) is 10.7. The quantitative estimate of drug-likeness (QED) is 0.710. The van der Waals surface area contributed by atoms with Gasteiger partial charge in [-0.2, -0.15) is 4.68 Å². The third-order valence-corrected chi connectivity index (χ3v) is 7.97. The molecule has 26 heavy (non-hydrogen) atoms. The van der Waals surface area contributed by atoms with Crippen LogP contribution in [0.2, 0.25) is 0 Å². The van der Waals surface area contributed by atoms with Gasteiger partial charge in [0.05, 0.1) is 12.3 Å². The fraction of sp³-hybridized carbons (Fsp3) is 0.529. The van der Waals surface area contributed by atoms with Gasteiger partial charge in [-0.05, 0) is 56.2 Å². The first-order valence-corrected chi connectivity index (χ1v) is 11.8. The predicted molar refractivity (Wildman–Crippen MR) is 109 cm³/mol. The molecule has 0 spiro atoms. The van der Waals surface area contributed by atoms with E-state index in [2.05, 4.69) is 43.3 Å². The Labute approximate surface area is 163 Å². The Balaban J connectivity index is 1.73. The van der Waals surface area contributed by atoms with Crippen molar-refractivity contribution in [1.82, 2.24) is 9.78 Å². The zero-order chi connectivity index (χ0) is 18.9. The lowest BCUT2D eigenvalue weighted by molar-refractivity contribution is -0.943. The molecular formula is C17H25N4O2S3+. The van der Waals surface area contributed by atoms with Crippen LogP contribution in [0.25, 0.3) is 0 Å². The van der Waals surface area contributed by atoms with E-state index >= 15 is 0 Å². The van der Waals surface area contributed by atoms with Gasteiger partial charge >= 0.3 is 0 Å². The molecule has 1 aromatic carbocycles. The Morgan fingerprint density at radius 3 is 2.77 bits per heavy atom. The molecule has 0 amide bonds. The number of nitrogens with zero attached hydrogens (tertiary/aromatic N) is 2. The Hall–Kier alpha value is -1.29. The molecule has 9 heteroatoms. The smallest absolute Gasteiger partial charge is 0.209 e. The Morgan fingerprint density at radius 1 is 1.38 bits per heavy atom. The van der Waals surface area contributed by atoms with Crippen LogP contribution in [0, 0.1) is 17.8 Å². The van der Waals surface area contributed by atoms with Crippen LogP contribution in [0.15, 0.2) is 18.2 Å². The van der Waals surface area contributed by atoms with Gasteiger partial charge in [0.1, 0.15) is 11.8 Å². The van der Waals surface area contributed by atoms with E-state index in [1.165, 1.54) is 27.4 Å². The first-order chi connectivity index (χ1) is 12.3. The summed E-state index contributed by atoms with van der Waals surface area (Å²) in [6, 6.07) is 6.34. The number of nitrogens with one attached hydrogen (secondary N) is 2. The molecule has 1 fully saturated rings. The van der Waals surface area contributed by atoms with Crippen molar-refractivity contribution in [2.75, 3.05) is 23.4 Å². The summed E-state index contributed by atoms with van der Waals surface area (Å²) >= 11 is 6.91. The summed E-state index contributed by atoms with van der Waals surface area (Å²) in [4.78, 5) is 1.21. The number of benzene rings is 1. The van der Waals surface area contributed by atoms with E-state index in [0.29, 0.717) is 16.4 Å². The maximum atomic E-state index is 11.8. The highest BCUT2D eigenvalue weighted by Gasteiger charge is 2.35. The zero-order valence-corrected chi connectivity index (χ0v) is 17.7. The molecule has 1 aromatic heterocycles. The molecule has 0 bridgehead atoms. The molecule has 1 saturated heterocycles. The van der Waals surface area contributed by atoms with Gasteiger partial charge in [0.2, 0.25) is 5.13 Å². The zero-order valence-electron chi connectivity index (χ0n) is 15.3. The number of quaternary nitrogens is 1. The van der Waals surface area contributed by atoms with Gasteiger partial charge < -0.3 is 10.2 Å². The SMILES string of the molecule is CC[NH+](Cn1nc(Nc2ccc(C)c(C)c2)sc1=S)[C@@H]1CCS(=O)(=O)C1. The number of sulfone groups is 1. The fourth-order valence-electron chi connectivity index (χ4n) is 3.24. The second-order valence-electron chi connectivity index (χ2n) is 6.87. The molecule has 2 aromatic rings. The molecule has 1 unspecified atom stereocenters. The number of rotatable bonds is 6. The van der Waals surface area contributed by atoms with Crippen LogP contribution in [0.5, 0.6) is 0 Å². The lowest BCUT2D eigenvalue weighted by Gasteiger charge is -2.23. The molecule has 1 aliphatic rings. The maximum Gasteiger partial charge on any atom is 0.209 e. The average Bonchev–Trinajstić information content (AvgIpc) is 3.10. The van der Waals surface area contributed by atoms with Gasteiger partial charge in [0, 0.05) is 12.1 Å². The fourth-order valence-corrected chi connectivity index (χ4v) is 6.09. The molecular weight excluding hydrogens is 388 g/mol. The van der Waals surface area contributed by atoms with E-state index in [1.54, 1.807) is 0 Å². The van der Waals surface area contributed by atoms with Gasteiger partial charge in [-0.1, -0.05) is 17.4 Å². The minimum absolute atomic E-state index is 0.129. The van der Waals surface area contributed by atoms with Gasteiger partial charge in [-0.15, -0.1) is 5.10 Å².